The minimum atomic E-state index is -1.27. The molecule has 4 nitrogen and oxygen atoms in total. The summed E-state index contributed by atoms with van der Waals surface area (Å²) in [4.78, 5) is 0. The van der Waals surface area contributed by atoms with Gasteiger partial charge in [-0.05, 0) is 6.42 Å². The molecule has 1 atom stereocenters. The lowest BCUT2D eigenvalue weighted by Gasteiger charge is -2.18. The summed E-state index contributed by atoms with van der Waals surface area (Å²) >= 11 is 0. The average molecular weight is 261 g/mol. The van der Waals surface area contributed by atoms with Gasteiger partial charge in [0.1, 0.15) is 11.7 Å². The van der Waals surface area contributed by atoms with Crippen LogP contribution in [0.4, 0.5) is 18.9 Å². The molecule has 18 heavy (non-hydrogen) atoms. The van der Waals surface area contributed by atoms with Gasteiger partial charge in [0.25, 0.3) is 0 Å². The molecule has 0 heterocycles. The van der Waals surface area contributed by atoms with Gasteiger partial charge in [-0.3, -0.25) is 0 Å². The van der Waals surface area contributed by atoms with Crippen LogP contribution in [0.5, 0.6) is 0 Å². The third-order valence-electron chi connectivity index (χ3n) is 2.43. The number of nitrogens with one attached hydrogen (secondary N) is 1. The predicted molar refractivity (Wildman–Crippen MR) is 62.0 cm³/mol. The van der Waals surface area contributed by atoms with Crippen LogP contribution in [-0.4, -0.2) is 17.1 Å². The molecule has 1 aromatic rings. The second-order valence-corrected chi connectivity index (χ2v) is 3.79. The molecule has 0 fully saturated rings. The highest BCUT2D eigenvalue weighted by molar-refractivity contribution is 5.80. The molecule has 7 heteroatoms. The number of hydrogen-bond donors (Lipinski definition) is 3. The average Bonchev–Trinajstić information content (AvgIpc) is 2.34. The molecular weight excluding hydrogens is 247 g/mol. The second-order valence-electron chi connectivity index (χ2n) is 3.79. The maximum atomic E-state index is 13.4. The fourth-order valence-corrected chi connectivity index (χ4v) is 1.47. The predicted octanol–water partition coefficient (Wildman–Crippen LogP) is 2.43. The Balaban J connectivity index is 2.88. The van der Waals surface area contributed by atoms with E-state index in [4.69, 9.17) is 10.9 Å². The van der Waals surface area contributed by atoms with Crippen molar-refractivity contribution in [3.05, 3.63) is 29.6 Å². The van der Waals surface area contributed by atoms with Crippen LogP contribution in [0.3, 0.4) is 0 Å². The molecule has 0 radical (unpaired) electrons. The lowest BCUT2D eigenvalue weighted by molar-refractivity contribution is 0.316. The van der Waals surface area contributed by atoms with Crippen LogP contribution in [0.15, 0.2) is 17.3 Å². The van der Waals surface area contributed by atoms with Crippen molar-refractivity contribution in [2.75, 3.05) is 5.32 Å². The van der Waals surface area contributed by atoms with E-state index in [1.165, 1.54) is 0 Å². The summed E-state index contributed by atoms with van der Waals surface area (Å²) in [5.74, 6) is -3.35. The molecule has 0 spiro atoms. The maximum absolute atomic E-state index is 13.4. The topological polar surface area (TPSA) is 70.6 Å². The number of amidine groups is 1. The van der Waals surface area contributed by atoms with Crippen molar-refractivity contribution >= 4 is 11.5 Å². The van der Waals surface area contributed by atoms with Crippen LogP contribution < -0.4 is 11.1 Å². The monoisotopic (exact) mass is 261 g/mol. The van der Waals surface area contributed by atoms with Gasteiger partial charge in [0.05, 0.1) is 5.69 Å². The van der Waals surface area contributed by atoms with E-state index in [0.717, 1.165) is 6.07 Å². The summed E-state index contributed by atoms with van der Waals surface area (Å²) in [6.07, 6.45) is 0.637. The first-order valence-corrected chi connectivity index (χ1v) is 5.35. The Hall–Kier alpha value is -1.92. The molecule has 0 saturated heterocycles. The van der Waals surface area contributed by atoms with Gasteiger partial charge in [0, 0.05) is 24.6 Å². The molecule has 100 valence electrons. The van der Waals surface area contributed by atoms with Crippen molar-refractivity contribution in [2.45, 2.75) is 25.8 Å². The Labute approximate surface area is 102 Å². The molecular formula is C11H14F3N3O. The number of anilines is 1. The van der Waals surface area contributed by atoms with Crippen molar-refractivity contribution in [1.82, 2.24) is 0 Å². The lowest BCUT2D eigenvalue weighted by Crippen LogP contribution is -2.27. The zero-order valence-corrected chi connectivity index (χ0v) is 9.75. The van der Waals surface area contributed by atoms with Gasteiger partial charge in [-0.15, -0.1) is 0 Å². The zero-order chi connectivity index (χ0) is 13.7. The quantitative estimate of drug-likeness (QED) is 0.251. The Morgan fingerprint density at radius 2 is 2.11 bits per heavy atom. The zero-order valence-electron chi connectivity index (χ0n) is 9.75. The largest absolute Gasteiger partial charge is 0.409 e. The molecule has 0 amide bonds. The summed E-state index contributed by atoms with van der Waals surface area (Å²) in [6, 6.07) is 0.926. The van der Waals surface area contributed by atoms with Crippen LogP contribution in [0, 0.1) is 17.5 Å². The Bertz CT molecular complexity index is 451. The maximum Gasteiger partial charge on any atom is 0.182 e. The van der Waals surface area contributed by atoms with Crippen molar-refractivity contribution in [1.29, 1.82) is 0 Å². The highest BCUT2D eigenvalue weighted by Crippen LogP contribution is 2.21. The van der Waals surface area contributed by atoms with Gasteiger partial charge in [-0.2, -0.15) is 0 Å². The van der Waals surface area contributed by atoms with Gasteiger partial charge in [0.15, 0.2) is 11.6 Å². The van der Waals surface area contributed by atoms with Crippen molar-refractivity contribution in [3.63, 3.8) is 0 Å². The van der Waals surface area contributed by atoms with Gasteiger partial charge < -0.3 is 16.3 Å². The summed E-state index contributed by atoms with van der Waals surface area (Å²) in [5, 5.41) is 13.8. The third-order valence-corrected chi connectivity index (χ3v) is 2.43. The van der Waals surface area contributed by atoms with Crippen molar-refractivity contribution in [2.24, 2.45) is 10.9 Å². The van der Waals surface area contributed by atoms with Gasteiger partial charge in [0.2, 0.25) is 0 Å². The van der Waals surface area contributed by atoms with E-state index in [1.807, 2.05) is 0 Å². The van der Waals surface area contributed by atoms with E-state index in [-0.39, 0.29) is 17.9 Å². The van der Waals surface area contributed by atoms with E-state index in [1.54, 1.807) is 6.92 Å². The number of nitrogens with two attached hydrogens (primary N) is 1. The molecule has 0 aliphatic carbocycles. The third kappa shape index (κ3) is 3.54. The number of oxime groups is 1. The Morgan fingerprint density at radius 3 is 2.67 bits per heavy atom. The van der Waals surface area contributed by atoms with Crippen LogP contribution in [0.2, 0.25) is 0 Å². The molecule has 1 unspecified atom stereocenters. The lowest BCUT2D eigenvalue weighted by atomic mass is 10.1. The number of benzene rings is 1. The van der Waals surface area contributed by atoms with Crippen molar-refractivity contribution in [3.8, 4) is 0 Å². The van der Waals surface area contributed by atoms with Crippen LogP contribution in [0.1, 0.15) is 19.8 Å². The second kappa shape index (κ2) is 6.13. The number of halogens is 3. The minimum Gasteiger partial charge on any atom is -0.409 e. The van der Waals surface area contributed by atoms with Crippen LogP contribution in [-0.2, 0) is 0 Å². The fourth-order valence-electron chi connectivity index (χ4n) is 1.47. The molecule has 0 saturated carbocycles. The molecule has 0 aromatic heterocycles. The molecule has 1 rings (SSSR count). The first kappa shape index (κ1) is 14.1. The molecule has 0 aliphatic heterocycles. The Kier molecular flexibility index (Phi) is 4.82. The van der Waals surface area contributed by atoms with E-state index in [0.29, 0.717) is 12.5 Å². The molecule has 0 bridgehead atoms. The first-order valence-electron chi connectivity index (χ1n) is 5.35. The number of rotatable bonds is 5. The van der Waals surface area contributed by atoms with Gasteiger partial charge in [-0.1, -0.05) is 12.1 Å². The number of hydrogen-bond acceptors (Lipinski definition) is 3. The smallest absolute Gasteiger partial charge is 0.182 e. The SMILES string of the molecule is CCC(CC(N)=NO)Nc1cc(F)cc(F)c1F. The molecule has 0 aliphatic rings. The summed E-state index contributed by atoms with van der Waals surface area (Å²) < 4.78 is 39.3. The normalized spacial score (nSPS) is 13.4. The minimum absolute atomic E-state index is 0.0494. The summed E-state index contributed by atoms with van der Waals surface area (Å²) in [7, 11) is 0. The van der Waals surface area contributed by atoms with Crippen molar-refractivity contribution < 1.29 is 18.4 Å². The van der Waals surface area contributed by atoms with E-state index in [2.05, 4.69) is 10.5 Å². The van der Waals surface area contributed by atoms with E-state index >= 15 is 0 Å². The van der Waals surface area contributed by atoms with Gasteiger partial charge in [-0.25, -0.2) is 13.2 Å². The fraction of sp³-hybridized carbons (Fsp3) is 0.364. The Morgan fingerprint density at radius 1 is 1.44 bits per heavy atom. The van der Waals surface area contributed by atoms with Crippen LogP contribution >= 0.6 is 0 Å². The highest BCUT2D eigenvalue weighted by atomic mass is 19.2. The summed E-state index contributed by atoms with van der Waals surface area (Å²) in [5.41, 5.74) is 5.03. The summed E-state index contributed by atoms with van der Waals surface area (Å²) in [6.45, 7) is 1.77. The standard InChI is InChI=1S/C11H14F3N3O/c1-2-7(5-10(15)17-18)16-9-4-6(12)3-8(13)11(9)14/h3-4,7,16,18H,2,5H2,1H3,(H2,15,17). The number of nitrogens with zero attached hydrogens (tertiary/aromatic N) is 1. The van der Waals surface area contributed by atoms with E-state index < -0.39 is 23.5 Å². The molecule has 1 aromatic carbocycles. The molecule has 4 N–H and O–H groups in total. The van der Waals surface area contributed by atoms with Crippen LogP contribution in [0.25, 0.3) is 0 Å². The van der Waals surface area contributed by atoms with Gasteiger partial charge >= 0.3 is 0 Å². The van der Waals surface area contributed by atoms with E-state index in [9.17, 15) is 13.2 Å². The highest BCUT2D eigenvalue weighted by Gasteiger charge is 2.15. The first-order chi connectivity index (χ1) is 8.47.